The van der Waals surface area contributed by atoms with Gasteiger partial charge in [0.25, 0.3) is 0 Å². The van der Waals surface area contributed by atoms with E-state index in [4.69, 9.17) is 15.0 Å². The molecule has 0 atom stereocenters. The average Bonchev–Trinajstić information content (AvgIpc) is 3.96. The lowest BCUT2D eigenvalue weighted by molar-refractivity contribution is 1.08. The van der Waals surface area contributed by atoms with Crippen molar-refractivity contribution in [2.45, 2.75) is 0 Å². The lowest BCUT2D eigenvalue weighted by Crippen LogP contribution is -2.01. The summed E-state index contributed by atoms with van der Waals surface area (Å²) in [5, 5.41) is 7.29. The van der Waals surface area contributed by atoms with Crippen LogP contribution in [0.4, 0.5) is 0 Å². The number of nitrogens with zero attached hydrogens (tertiary/aromatic N) is 4. The van der Waals surface area contributed by atoms with Crippen LogP contribution in [0.3, 0.4) is 0 Å². The molecule has 8 aromatic carbocycles. The van der Waals surface area contributed by atoms with Crippen LogP contribution >= 0.6 is 22.7 Å². The fourth-order valence-corrected chi connectivity index (χ4v) is 10.8. The molecule has 0 radical (unpaired) electrons. The van der Waals surface area contributed by atoms with Crippen LogP contribution in [0.25, 0.3) is 113 Å². The molecule has 0 fully saturated rings. The molecule has 4 nitrogen and oxygen atoms in total. The maximum atomic E-state index is 5.33. The monoisotopic (exact) mass is 762 g/mol. The van der Waals surface area contributed by atoms with Crippen LogP contribution in [0.15, 0.2) is 182 Å². The standard InChI is InChI=1S/C51H30N4S2/c1-2-13-31(14-3-1)32-27-28-43-41(30-32)35-17-4-7-23-42(35)55(43)34-16-10-15-33(29-34)49-52-50(39-21-12-26-46-47(39)38-19-6-9-25-45(38)56-46)54-51(53-49)40-22-11-20-37-36-18-5-8-24-44(36)57-48(37)40/h1-30H. The zero-order chi connectivity index (χ0) is 37.5. The van der Waals surface area contributed by atoms with E-state index in [1.807, 2.05) is 0 Å². The molecule has 0 aliphatic heterocycles. The average molecular weight is 763 g/mol. The number of para-hydroxylation sites is 1. The van der Waals surface area contributed by atoms with Crippen LogP contribution in [0.5, 0.6) is 0 Å². The summed E-state index contributed by atoms with van der Waals surface area (Å²) < 4.78 is 7.25. The van der Waals surface area contributed by atoms with Gasteiger partial charge in [-0.05, 0) is 65.7 Å². The molecule has 0 N–H and O–H groups in total. The molecular formula is C51H30N4S2. The second-order valence-corrected chi connectivity index (χ2v) is 16.5. The van der Waals surface area contributed by atoms with Crippen molar-refractivity contribution in [2.24, 2.45) is 0 Å². The number of rotatable bonds is 5. The Morgan fingerprint density at radius 3 is 1.84 bits per heavy atom. The summed E-state index contributed by atoms with van der Waals surface area (Å²) in [4.78, 5) is 16.0. The van der Waals surface area contributed by atoms with Crippen molar-refractivity contribution < 1.29 is 0 Å². The number of hydrogen-bond acceptors (Lipinski definition) is 5. The summed E-state index contributed by atoms with van der Waals surface area (Å²) in [5.41, 5.74) is 8.70. The molecule has 4 heterocycles. The second kappa shape index (κ2) is 12.8. The Morgan fingerprint density at radius 2 is 0.965 bits per heavy atom. The molecule has 0 bridgehead atoms. The molecule has 0 spiro atoms. The molecule has 0 aliphatic rings. The van der Waals surface area contributed by atoms with Crippen LogP contribution < -0.4 is 0 Å². The Hall–Kier alpha value is -6.99. The van der Waals surface area contributed by atoms with Crippen molar-refractivity contribution in [1.82, 2.24) is 19.5 Å². The van der Waals surface area contributed by atoms with E-state index < -0.39 is 0 Å². The molecular weight excluding hydrogens is 733 g/mol. The highest BCUT2D eigenvalue weighted by molar-refractivity contribution is 7.26. The minimum absolute atomic E-state index is 0.638. The maximum absolute atomic E-state index is 5.33. The van der Waals surface area contributed by atoms with Crippen molar-refractivity contribution >= 4 is 84.8 Å². The van der Waals surface area contributed by atoms with Crippen molar-refractivity contribution in [2.75, 3.05) is 0 Å². The molecule has 0 aliphatic carbocycles. The largest absolute Gasteiger partial charge is 0.309 e. The normalized spacial score (nSPS) is 11.9. The van der Waals surface area contributed by atoms with E-state index in [9.17, 15) is 0 Å². The van der Waals surface area contributed by atoms with Gasteiger partial charge in [0.2, 0.25) is 0 Å². The number of hydrogen-bond donors (Lipinski definition) is 0. The molecule has 0 saturated carbocycles. The van der Waals surface area contributed by atoms with Crippen LogP contribution in [0, 0.1) is 0 Å². The van der Waals surface area contributed by atoms with Gasteiger partial charge in [-0.1, -0.05) is 127 Å². The van der Waals surface area contributed by atoms with Gasteiger partial charge in [0, 0.05) is 73.5 Å². The summed E-state index contributed by atoms with van der Waals surface area (Å²) in [6, 6.07) is 64.9. The maximum Gasteiger partial charge on any atom is 0.165 e. The van der Waals surface area contributed by atoms with E-state index in [0.717, 1.165) is 33.4 Å². The highest BCUT2D eigenvalue weighted by Crippen LogP contribution is 2.42. The molecule has 12 rings (SSSR count). The first kappa shape index (κ1) is 32.3. The number of aromatic nitrogens is 4. The fourth-order valence-electron chi connectivity index (χ4n) is 8.48. The zero-order valence-corrected chi connectivity index (χ0v) is 32.1. The fraction of sp³-hybridized carbons (Fsp3) is 0. The molecule has 6 heteroatoms. The van der Waals surface area contributed by atoms with Gasteiger partial charge in [-0.2, -0.15) is 0 Å². The minimum atomic E-state index is 0.638. The quantitative estimate of drug-likeness (QED) is 0.175. The lowest BCUT2D eigenvalue weighted by Gasteiger charge is -2.12. The third-order valence-corrected chi connectivity index (χ3v) is 13.4. The van der Waals surface area contributed by atoms with Gasteiger partial charge in [0.05, 0.1) is 11.0 Å². The van der Waals surface area contributed by atoms with Crippen molar-refractivity contribution in [3.05, 3.63) is 182 Å². The summed E-state index contributed by atoms with van der Waals surface area (Å²) in [7, 11) is 0. The molecule has 266 valence electrons. The van der Waals surface area contributed by atoms with E-state index in [2.05, 4.69) is 187 Å². The van der Waals surface area contributed by atoms with E-state index in [1.165, 1.54) is 62.2 Å². The number of thiophene rings is 2. The van der Waals surface area contributed by atoms with Gasteiger partial charge >= 0.3 is 0 Å². The van der Waals surface area contributed by atoms with Crippen LogP contribution in [-0.2, 0) is 0 Å². The van der Waals surface area contributed by atoms with Gasteiger partial charge in [-0.3, -0.25) is 0 Å². The van der Waals surface area contributed by atoms with Crippen LogP contribution in [0.1, 0.15) is 0 Å². The van der Waals surface area contributed by atoms with E-state index in [0.29, 0.717) is 17.5 Å². The first-order valence-electron chi connectivity index (χ1n) is 19.0. The molecule has 0 unspecified atom stereocenters. The van der Waals surface area contributed by atoms with E-state index in [-0.39, 0.29) is 0 Å². The molecule has 4 aromatic heterocycles. The summed E-state index contributed by atoms with van der Waals surface area (Å²) in [5.74, 6) is 1.97. The van der Waals surface area contributed by atoms with Gasteiger partial charge in [-0.25, -0.2) is 15.0 Å². The second-order valence-electron chi connectivity index (χ2n) is 14.4. The van der Waals surface area contributed by atoms with Crippen LogP contribution in [-0.4, -0.2) is 19.5 Å². The third kappa shape index (κ3) is 5.15. The highest BCUT2D eigenvalue weighted by Gasteiger charge is 2.20. The zero-order valence-electron chi connectivity index (χ0n) is 30.4. The van der Waals surface area contributed by atoms with Crippen molar-refractivity contribution in [1.29, 1.82) is 0 Å². The van der Waals surface area contributed by atoms with Gasteiger partial charge in [-0.15, -0.1) is 22.7 Å². The smallest absolute Gasteiger partial charge is 0.165 e. The van der Waals surface area contributed by atoms with Gasteiger partial charge in [0.15, 0.2) is 17.5 Å². The summed E-state index contributed by atoms with van der Waals surface area (Å²) in [6.45, 7) is 0. The topological polar surface area (TPSA) is 43.6 Å². The highest BCUT2D eigenvalue weighted by atomic mass is 32.1. The van der Waals surface area contributed by atoms with E-state index in [1.54, 1.807) is 22.7 Å². The molecule has 0 amide bonds. The predicted octanol–water partition coefficient (Wildman–Crippen LogP) is 14.4. The Balaban J connectivity index is 1.09. The van der Waals surface area contributed by atoms with E-state index >= 15 is 0 Å². The SMILES string of the molecule is c1ccc(-c2ccc3c(c2)c2ccccc2n3-c2cccc(-c3nc(-c4cccc5c4sc4ccccc45)nc(-c4cccc5sc6ccccc6c45)n3)c2)cc1. The molecule has 0 saturated heterocycles. The summed E-state index contributed by atoms with van der Waals surface area (Å²) >= 11 is 3.60. The lowest BCUT2D eigenvalue weighted by atomic mass is 10.0. The third-order valence-electron chi connectivity index (χ3n) is 11.1. The molecule has 12 aromatic rings. The van der Waals surface area contributed by atoms with Gasteiger partial charge < -0.3 is 4.57 Å². The van der Waals surface area contributed by atoms with Gasteiger partial charge in [0.1, 0.15) is 0 Å². The number of fused-ring (bicyclic) bond motifs is 9. The van der Waals surface area contributed by atoms with Crippen molar-refractivity contribution in [3.63, 3.8) is 0 Å². The predicted molar refractivity (Wildman–Crippen MR) is 242 cm³/mol. The Bertz CT molecular complexity index is 3540. The molecule has 57 heavy (non-hydrogen) atoms. The summed E-state index contributed by atoms with van der Waals surface area (Å²) in [6.07, 6.45) is 0. The van der Waals surface area contributed by atoms with Crippen LogP contribution in [0.2, 0.25) is 0 Å². The van der Waals surface area contributed by atoms with Crippen molar-refractivity contribution in [3.8, 4) is 51.0 Å². The Morgan fingerprint density at radius 1 is 0.351 bits per heavy atom. The minimum Gasteiger partial charge on any atom is -0.309 e. The Labute approximate surface area is 335 Å². The first-order chi connectivity index (χ1) is 28.2. The number of benzene rings is 8. The first-order valence-corrected chi connectivity index (χ1v) is 20.7. The Kier molecular flexibility index (Phi) is 7.24.